The first kappa shape index (κ1) is 13.6. The fourth-order valence-electron chi connectivity index (χ4n) is 2.70. The van der Waals surface area contributed by atoms with Gasteiger partial charge in [0.25, 0.3) is 0 Å². The van der Waals surface area contributed by atoms with Crippen LogP contribution in [0.4, 0.5) is 0 Å². The van der Waals surface area contributed by atoms with E-state index in [1.54, 1.807) is 12.4 Å². The predicted molar refractivity (Wildman–Crippen MR) is 73.7 cm³/mol. The quantitative estimate of drug-likeness (QED) is 0.840. The Labute approximate surface area is 122 Å². The van der Waals surface area contributed by atoms with Crippen molar-refractivity contribution in [3.8, 4) is 0 Å². The number of halogens is 2. The van der Waals surface area contributed by atoms with Crippen LogP contribution in [0.1, 0.15) is 12.0 Å². The summed E-state index contributed by atoms with van der Waals surface area (Å²) in [5, 5.41) is 1.10. The van der Waals surface area contributed by atoms with Gasteiger partial charge in [-0.3, -0.25) is 9.88 Å². The Morgan fingerprint density at radius 1 is 1.32 bits per heavy atom. The minimum atomic E-state index is -0.128. The first-order valence-electron chi connectivity index (χ1n) is 6.40. The summed E-state index contributed by atoms with van der Waals surface area (Å²) in [5.74, 6) is 0. The Morgan fingerprint density at radius 2 is 2.21 bits per heavy atom. The van der Waals surface area contributed by atoms with Crippen LogP contribution in [0.25, 0.3) is 0 Å². The fourth-order valence-corrected chi connectivity index (χ4v) is 3.03. The van der Waals surface area contributed by atoms with Crippen LogP contribution in [0.15, 0.2) is 12.4 Å². The largest absolute Gasteiger partial charge is 0.378 e. The minimum absolute atomic E-state index is 0.128. The van der Waals surface area contributed by atoms with Gasteiger partial charge in [0.05, 0.1) is 23.3 Å². The molecule has 2 fully saturated rings. The van der Waals surface area contributed by atoms with E-state index in [0.717, 1.165) is 44.8 Å². The molecule has 2 aliphatic rings. The van der Waals surface area contributed by atoms with E-state index in [1.165, 1.54) is 0 Å². The number of hydrogen-bond donors (Lipinski definition) is 0. The molecule has 0 amide bonds. The lowest BCUT2D eigenvalue weighted by molar-refractivity contribution is -0.111. The molecule has 1 aromatic rings. The number of morpholine rings is 1. The van der Waals surface area contributed by atoms with Crippen LogP contribution in [0.5, 0.6) is 0 Å². The molecule has 0 N–H and O–H groups in total. The maximum absolute atomic E-state index is 6.21. The van der Waals surface area contributed by atoms with Gasteiger partial charge in [0.15, 0.2) is 0 Å². The Morgan fingerprint density at radius 3 is 3.00 bits per heavy atom. The van der Waals surface area contributed by atoms with E-state index in [1.807, 2.05) is 0 Å². The third-order valence-electron chi connectivity index (χ3n) is 3.70. The zero-order valence-electron chi connectivity index (χ0n) is 10.6. The van der Waals surface area contributed by atoms with Crippen molar-refractivity contribution in [3.05, 3.63) is 28.0 Å². The van der Waals surface area contributed by atoms with Gasteiger partial charge in [-0.1, -0.05) is 23.2 Å². The number of pyridine rings is 1. The highest BCUT2D eigenvalue weighted by molar-refractivity contribution is 6.42. The molecule has 4 nitrogen and oxygen atoms in total. The van der Waals surface area contributed by atoms with Gasteiger partial charge in [0, 0.05) is 50.6 Å². The van der Waals surface area contributed by atoms with Crippen LogP contribution in [-0.2, 0) is 16.0 Å². The van der Waals surface area contributed by atoms with Gasteiger partial charge in [0.1, 0.15) is 5.60 Å². The zero-order valence-corrected chi connectivity index (χ0v) is 12.1. The van der Waals surface area contributed by atoms with E-state index in [9.17, 15) is 0 Å². The molecule has 1 atom stereocenters. The molecule has 1 unspecified atom stereocenters. The molecule has 0 aromatic carbocycles. The molecule has 19 heavy (non-hydrogen) atoms. The summed E-state index contributed by atoms with van der Waals surface area (Å²) >= 11 is 12.2. The molecule has 6 heteroatoms. The summed E-state index contributed by atoms with van der Waals surface area (Å²) in [6.07, 6.45) is 4.31. The van der Waals surface area contributed by atoms with Gasteiger partial charge in [-0.25, -0.2) is 0 Å². The smallest absolute Gasteiger partial charge is 0.106 e. The molecule has 0 aliphatic carbocycles. The van der Waals surface area contributed by atoms with Crippen LogP contribution in [0.2, 0.25) is 10.0 Å². The highest BCUT2D eigenvalue weighted by Gasteiger charge is 2.40. The van der Waals surface area contributed by atoms with Crippen LogP contribution in [-0.4, -0.2) is 48.4 Å². The number of rotatable bonds is 2. The van der Waals surface area contributed by atoms with Crippen molar-refractivity contribution >= 4 is 23.2 Å². The molecular weight excluding hydrogens is 287 g/mol. The predicted octanol–water partition coefficient (Wildman–Crippen LogP) is 2.38. The summed E-state index contributed by atoms with van der Waals surface area (Å²) in [7, 11) is 0. The number of ether oxygens (including phenoxy) is 2. The third kappa shape index (κ3) is 2.88. The van der Waals surface area contributed by atoms with Crippen LogP contribution in [0.3, 0.4) is 0 Å². The lowest BCUT2D eigenvalue weighted by atomic mass is 10.0. The number of nitrogens with zero attached hydrogens (tertiary/aromatic N) is 2. The van der Waals surface area contributed by atoms with Gasteiger partial charge < -0.3 is 9.47 Å². The van der Waals surface area contributed by atoms with Gasteiger partial charge >= 0.3 is 0 Å². The molecule has 3 rings (SSSR count). The summed E-state index contributed by atoms with van der Waals surface area (Å²) in [6.45, 7) is 4.71. The van der Waals surface area contributed by atoms with Gasteiger partial charge in [-0.15, -0.1) is 0 Å². The van der Waals surface area contributed by atoms with Crippen molar-refractivity contribution in [1.29, 1.82) is 0 Å². The second-order valence-electron chi connectivity index (χ2n) is 5.14. The molecule has 1 spiro atoms. The normalized spacial score (nSPS) is 28.1. The third-order valence-corrected chi connectivity index (χ3v) is 4.53. The van der Waals surface area contributed by atoms with E-state index in [-0.39, 0.29) is 5.60 Å². The molecular formula is C13H16Cl2N2O2. The van der Waals surface area contributed by atoms with Crippen LogP contribution >= 0.6 is 23.2 Å². The number of hydrogen-bond acceptors (Lipinski definition) is 4. The van der Waals surface area contributed by atoms with Crippen molar-refractivity contribution in [2.24, 2.45) is 0 Å². The molecule has 0 radical (unpaired) electrons. The maximum atomic E-state index is 6.21. The van der Waals surface area contributed by atoms with Crippen molar-refractivity contribution in [3.63, 3.8) is 0 Å². The summed E-state index contributed by atoms with van der Waals surface area (Å²) in [5.41, 5.74) is 0.835. The Hall–Kier alpha value is -0.390. The van der Waals surface area contributed by atoms with Crippen molar-refractivity contribution in [2.45, 2.75) is 18.6 Å². The number of aromatic nitrogens is 1. The first-order valence-corrected chi connectivity index (χ1v) is 7.16. The van der Waals surface area contributed by atoms with Gasteiger partial charge in [0.2, 0.25) is 0 Å². The highest BCUT2D eigenvalue weighted by atomic mass is 35.5. The van der Waals surface area contributed by atoms with Crippen LogP contribution in [0, 0.1) is 0 Å². The Kier molecular flexibility index (Phi) is 3.96. The second kappa shape index (κ2) is 5.54. The Bertz CT molecular complexity index is 464. The lowest BCUT2D eigenvalue weighted by Crippen LogP contribution is -2.51. The van der Waals surface area contributed by atoms with E-state index in [2.05, 4.69) is 9.88 Å². The SMILES string of the molecule is Clc1cncc(CN2CCOC3(CCOC3)C2)c1Cl. The van der Waals surface area contributed by atoms with Crippen molar-refractivity contribution < 1.29 is 9.47 Å². The molecule has 0 saturated carbocycles. The fraction of sp³-hybridized carbons (Fsp3) is 0.615. The second-order valence-corrected chi connectivity index (χ2v) is 5.92. The molecule has 2 saturated heterocycles. The monoisotopic (exact) mass is 302 g/mol. The minimum Gasteiger partial charge on any atom is -0.378 e. The average Bonchev–Trinajstić information content (AvgIpc) is 2.83. The molecule has 104 valence electrons. The summed E-state index contributed by atoms with van der Waals surface area (Å²) in [6, 6.07) is 0. The van der Waals surface area contributed by atoms with E-state index >= 15 is 0 Å². The molecule has 2 aliphatic heterocycles. The molecule has 3 heterocycles. The maximum Gasteiger partial charge on any atom is 0.106 e. The van der Waals surface area contributed by atoms with E-state index < -0.39 is 0 Å². The van der Waals surface area contributed by atoms with Crippen molar-refractivity contribution in [1.82, 2.24) is 9.88 Å². The first-order chi connectivity index (χ1) is 9.19. The molecule has 1 aromatic heterocycles. The van der Waals surface area contributed by atoms with E-state index in [4.69, 9.17) is 32.7 Å². The zero-order chi connectivity index (χ0) is 13.3. The van der Waals surface area contributed by atoms with Gasteiger partial charge in [-0.05, 0) is 0 Å². The standard InChI is InChI=1S/C13H16Cl2N2O2/c14-11-6-16-5-10(12(11)15)7-17-2-4-19-13(8-17)1-3-18-9-13/h5-6H,1-4,7-9H2. The summed E-state index contributed by atoms with van der Waals surface area (Å²) in [4.78, 5) is 6.43. The highest BCUT2D eigenvalue weighted by Crippen LogP contribution is 2.30. The average molecular weight is 303 g/mol. The lowest BCUT2D eigenvalue weighted by Gasteiger charge is -2.39. The van der Waals surface area contributed by atoms with E-state index in [0.29, 0.717) is 16.7 Å². The van der Waals surface area contributed by atoms with Crippen molar-refractivity contribution in [2.75, 3.05) is 32.9 Å². The Balaban J connectivity index is 1.71. The summed E-state index contributed by atoms with van der Waals surface area (Å²) < 4.78 is 11.4. The van der Waals surface area contributed by atoms with Crippen LogP contribution < -0.4 is 0 Å². The topological polar surface area (TPSA) is 34.6 Å². The molecule has 0 bridgehead atoms. The van der Waals surface area contributed by atoms with Gasteiger partial charge in [-0.2, -0.15) is 0 Å².